The standard InChI is InChI=1S/C17H16N2S/c18-16(12-20-13-6-2-1-3-7-13)14-8-4-10-17-15(14)9-5-11-19-17/h1-11,16H,12,18H2. The molecule has 3 aromatic rings. The van der Waals surface area contributed by atoms with Crippen LogP contribution >= 0.6 is 11.8 Å². The normalized spacial score (nSPS) is 12.4. The smallest absolute Gasteiger partial charge is 0.0705 e. The van der Waals surface area contributed by atoms with E-state index in [-0.39, 0.29) is 6.04 Å². The number of thioether (sulfide) groups is 1. The first kappa shape index (κ1) is 13.2. The number of pyridine rings is 1. The van der Waals surface area contributed by atoms with Gasteiger partial charge >= 0.3 is 0 Å². The summed E-state index contributed by atoms with van der Waals surface area (Å²) in [5.74, 6) is 0.859. The lowest BCUT2D eigenvalue weighted by atomic mass is 10.0. The van der Waals surface area contributed by atoms with Gasteiger partial charge in [0.1, 0.15) is 0 Å². The van der Waals surface area contributed by atoms with E-state index < -0.39 is 0 Å². The number of hydrogen-bond donors (Lipinski definition) is 1. The summed E-state index contributed by atoms with van der Waals surface area (Å²) in [7, 11) is 0. The zero-order chi connectivity index (χ0) is 13.8. The van der Waals surface area contributed by atoms with Crippen molar-refractivity contribution < 1.29 is 0 Å². The van der Waals surface area contributed by atoms with Crippen molar-refractivity contribution in [3.63, 3.8) is 0 Å². The summed E-state index contributed by atoms with van der Waals surface area (Å²) in [5, 5.41) is 1.15. The van der Waals surface area contributed by atoms with Gasteiger partial charge in [-0.25, -0.2) is 0 Å². The SMILES string of the molecule is NC(CSc1ccccc1)c1cccc2ncccc12. The summed E-state index contributed by atoms with van der Waals surface area (Å²) in [5.41, 5.74) is 8.53. The number of nitrogens with zero attached hydrogens (tertiary/aromatic N) is 1. The molecular weight excluding hydrogens is 264 g/mol. The molecule has 1 atom stereocenters. The van der Waals surface area contributed by atoms with Crippen molar-refractivity contribution in [1.82, 2.24) is 4.98 Å². The van der Waals surface area contributed by atoms with Crippen LogP contribution in [0.15, 0.2) is 71.8 Å². The molecule has 0 aliphatic rings. The summed E-state index contributed by atoms with van der Waals surface area (Å²) >= 11 is 1.79. The van der Waals surface area contributed by atoms with Gasteiger partial charge in [0.25, 0.3) is 0 Å². The number of rotatable bonds is 4. The van der Waals surface area contributed by atoms with E-state index in [0.29, 0.717) is 0 Å². The first-order valence-corrected chi connectivity index (χ1v) is 7.60. The highest BCUT2D eigenvalue weighted by atomic mass is 32.2. The molecule has 0 saturated heterocycles. The zero-order valence-electron chi connectivity index (χ0n) is 11.1. The van der Waals surface area contributed by atoms with E-state index in [2.05, 4.69) is 41.4 Å². The van der Waals surface area contributed by atoms with Crippen LogP contribution in [-0.2, 0) is 0 Å². The Labute approximate surface area is 123 Å². The minimum atomic E-state index is 0.00751. The number of hydrogen-bond acceptors (Lipinski definition) is 3. The Balaban J connectivity index is 1.80. The Morgan fingerprint density at radius 1 is 0.950 bits per heavy atom. The Hall–Kier alpha value is -1.84. The van der Waals surface area contributed by atoms with Crippen LogP contribution in [0.5, 0.6) is 0 Å². The molecule has 2 aromatic carbocycles. The molecule has 0 bridgehead atoms. The van der Waals surface area contributed by atoms with Crippen LogP contribution in [0.1, 0.15) is 11.6 Å². The maximum absolute atomic E-state index is 6.36. The van der Waals surface area contributed by atoms with E-state index in [1.54, 1.807) is 11.8 Å². The molecule has 2 nitrogen and oxygen atoms in total. The van der Waals surface area contributed by atoms with Gasteiger partial charge in [-0.1, -0.05) is 36.4 Å². The van der Waals surface area contributed by atoms with Gasteiger partial charge in [-0.15, -0.1) is 11.8 Å². The average molecular weight is 280 g/mol. The van der Waals surface area contributed by atoms with Gasteiger partial charge in [0.2, 0.25) is 0 Å². The third kappa shape index (κ3) is 2.84. The van der Waals surface area contributed by atoms with Crippen molar-refractivity contribution in [1.29, 1.82) is 0 Å². The molecule has 1 aromatic heterocycles. The third-order valence-corrected chi connectivity index (χ3v) is 4.38. The van der Waals surface area contributed by atoms with Crippen molar-refractivity contribution in [3.8, 4) is 0 Å². The summed E-state index contributed by atoms with van der Waals surface area (Å²) in [6, 6.07) is 20.6. The average Bonchev–Trinajstić information content (AvgIpc) is 2.53. The predicted octanol–water partition coefficient (Wildman–Crippen LogP) is 4.03. The fourth-order valence-corrected chi connectivity index (χ4v) is 3.14. The van der Waals surface area contributed by atoms with Gasteiger partial charge < -0.3 is 5.73 Å². The minimum Gasteiger partial charge on any atom is -0.323 e. The van der Waals surface area contributed by atoms with Crippen molar-refractivity contribution in [3.05, 3.63) is 72.4 Å². The van der Waals surface area contributed by atoms with Crippen LogP contribution in [-0.4, -0.2) is 10.7 Å². The summed E-state index contributed by atoms with van der Waals surface area (Å²) < 4.78 is 0. The highest BCUT2D eigenvalue weighted by molar-refractivity contribution is 7.99. The largest absolute Gasteiger partial charge is 0.323 e. The predicted molar refractivity (Wildman–Crippen MR) is 85.8 cm³/mol. The van der Waals surface area contributed by atoms with Gasteiger partial charge in [0.05, 0.1) is 5.52 Å². The maximum Gasteiger partial charge on any atom is 0.0705 e. The van der Waals surface area contributed by atoms with Crippen molar-refractivity contribution >= 4 is 22.7 Å². The van der Waals surface area contributed by atoms with Gasteiger partial charge in [-0.2, -0.15) is 0 Å². The van der Waals surface area contributed by atoms with E-state index in [9.17, 15) is 0 Å². The molecule has 0 spiro atoms. The summed E-state index contributed by atoms with van der Waals surface area (Å²) in [6.07, 6.45) is 1.82. The first-order valence-electron chi connectivity index (χ1n) is 6.61. The molecule has 0 fully saturated rings. The van der Waals surface area contributed by atoms with E-state index in [4.69, 9.17) is 5.73 Å². The fourth-order valence-electron chi connectivity index (χ4n) is 2.24. The number of aromatic nitrogens is 1. The Morgan fingerprint density at radius 3 is 2.65 bits per heavy atom. The van der Waals surface area contributed by atoms with Crippen LogP contribution in [0.2, 0.25) is 0 Å². The van der Waals surface area contributed by atoms with Gasteiger partial charge in [0, 0.05) is 28.3 Å². The second-order valence-electron chi connectivity index (χ2n) is 4.65. The minimum absolute atomic E-state index is 0.00751. The lowest BCUT2D eigenvalue weighted by molar-refractivity contribution is 0.839. The monoisotopic (exact) mass is 280 g/mol. The van der Waals surface area contributed by atoms with Crippen LogP contribution in [0.4, 0.5) is 0 Å². The van der Waals surface area contributed by atoms with E-state index in [0.717, 1.165) is 16.7 Å². The number of fused-ring (bicyclic) bond motifs is 1. The lowest BCUT2D eigenvalue weighted by Crippen LogP contribution is -2.13. The Morgan fingerprint density at radius 2 is 1.80 bits per heavy atom. The van der Waals surface area contributed by atoms with Crippen LogP contribution in [0.25, 0.3) is 10.9 Å². The molecule has 1 heterocycles. The highest BCUT2D eigenvalue weighted by Crippen LogP contribution is 2.27. The topological polar surface area (TPSA) is 38.9 Å². The Bertz CT molecular complexity index is 692. The fraction of sp³-hybridized carbons (Fsp3) is 0.118. The van der Waals surface area contributed by atoms with E-state index in [1.165, 1.54) is 10.5 Å². The second-order valence-corrected chi connectivity index (χ2v) is 5.74. The molecule has 20 heavy (non-hydrogen) atoms. The molecule has 0 aliphatic carbocycles. The second kappa shape index (κ2) is 6.07. The summed E-state index contributed by atoms with van der Waals surface area (Å²) in [4.78, 5) is 5.63. The zero-order valence-corrected chi connectivity index (χ0v) is 11.9. The Kier molecular flexibility index (Phi) is 4.00. The first-order chi connectivity index (χ1) is 9.84. The number of benzene rings is 2. The molecule has 2 N–H and O–H groups in total. The van der Waals surface area contributed by atoms with Crippen molar-refractivity contribution in [2.75, 3.05) is 5.75 Å². The molecule has 0 amide bonds. The van der Waals surface area contributed by atoms with Crippen LogP contribution in [0.3, 0.4) is 0 Å². The molecule has 0 radical (unpaired) electrons. The molecular formula is C17H16N2S. The molecule has 3 heteroatoms. The van der Waals surface area contributed by atoms with Crippen molar-refractivity contribution in [2.45, 2.75) is 10.9 Å². The highest BCUT2D eigenvalue weighted by Gasteiger charge is 2.10. The molecule has 0 aliphatic heterocycles. The molecule has 0 saturated carbocycles. The summed E-state index contributed by atoms with van der Waals surface area (Å²) in [6.45, 7) is 0. The van der Waals surface area contributed by atoms with E-state index in [1.807, 2.05) is 30.5 Å². The van der Waals surface area contributed by atoms with Gasteiger partial charge in [-0.3, -0.25) is 4.98 Å². The van der Waals surface area contributed by atoms with Gasteiger partial charge in [-0.05, 0) is 29.8 Å². The third-order valence-electron chi connectivity index (χ3n) is 3.25. The molecule has 3 rings (SSSR count). The van der Waals surface area contributed by atoms with Crippen molar-refractivity contribution in [2.24, 2.45) is 5.73 Å². The quantitative estimate of drug-likeness (QED) is 0.733. The van der Waals surface area contributed by atoms with E-state index >= 15 is 0 Å². The molecule has 100 valence electrons. The van der Waals surface area contributed by atoms with Gasteiger partial charge in [0.15, 0.2) is 0 Å². The van der Waals surface area contributed by atoms with Crippen LogP contribution in [0, 0.1) is 0 Å². The maximum atomic E-state index is 6.36. The number of nitrogens with two attached hydrogens (primary N) is 1. The van der Waals surface area contributed by atoms with Crippen LogP contribution < -0.4 is 5.73 Å². The lowest BCUT2D eigenvalue weighted by Gasteiger charge is -2.14. The molecule has 1 unspecified atom stereocenters.